The summed E-state index contributed by atoms with van der Waals surface area (Å²) in [6, 6.07) is 0. The van der Waals surface area contributed by atoms with Crippen LogP contribution in [0.3, 0.4) is 0 Å². The molecule has 278 valence electrons. The fraction of sp³-hybridized carbons (Fsp3) is 0.722. The zero-order valence-electron chi connectivity index (χ0n) is 30.2. The van der Waals surface area contributed by atoms with Gasteiger partial charge in [0.2, 0.25) is 0 Å². The maximum absolute atomic E-state index is 13.4. The lowest BCUT2D eigenvalue weighted by molar-refractivity contribution is -0.252. The summed E-state index contributed by atoms with van der Waals surface area (Å²) in [5.74, 6) is -6.71. The van der Waals surface area contributed by atoms with Crippen LogP contribution in [0, 0.1) is 29.1 Å². The summed E-state index contributed by atoms with van der Waals surface area (Å²) >= 11 is 0. The third-order valence-corrected chi connectivity index (χ3v) is 10.0. The molecule has 50 heavy (non-hydrogen) atoms. The van der Waals surface area contributed by atoms with Crippen molar-refractivity contribution < 1.29 is 67.0 Å². The predicted octanol–water partition coefficient (Wildman–Crippen LogP) is 2.91. The van der Waals surface area contributed by atoms with Crippen molar-refractivity contribution in [2.24, 2.45) is 29.1 Å². The Morgan fingerprint density at radius 3 is 2.02 bits per heavy atom. The van der Waals surface area contributed by atoms with Gasteiger partial charge in [0, 0.05) is 46.0 Å². The minimum absolute atomic E-state index is 0.0157. The first kappa shape index (κ1) is 39.0. The van der Waals surface area contributed by atoms with E-state index < -0.39 is 94.8 Å². The lowest BCUT2D eigenvalue weighted by Crippen LogP contribution is -2.71. The Balaban J connectivity index is 2.03. The van der Waals surface area contributed by atoms with Crippen molar-refractivity contribution in [3.8, 4) is 0 Å². The van der Waals surface area contributed by atoms with Crippen LogP contribution < -0.4 is 0 Å². The molecular weight excluding hydrogens is 656 g/mol. The number of epoxide rings is 1. The second-order valence-electron chi connectivity index (χ2n) is 14.9. The summed E-state index contributed by atoms with van der Waals surface area (Å²) in [5, 5.41) is 12.9. The zero-order chi connectivity index (χ0) is 37.3. The highest BCUT2D eigenvalue weighted by atomic mass is 16.6. The van der Waals surface area contributed by atoms with Crippen molar-refractivity contribution in [2.75, 3.05) is 13.2 Å². The first-order valence-corrected chi connectivity index (χ1v) is 17.1. The Morgan fingerprint density at radius 2 is 1.48 bits per heavy atom. The Bertz CT molecular complexity index is 1430. The molecule has 1 saturated carbocycles. The van der Waals surface area contributed by atoms with Gasteiger partial charge in [-0.15, -0.1) is 0 Å². The van der Waals surface area contributed by atoms with E-state index in [0.717, 1.165) is 6.92 Å². The first-order valence-electron chi connectivity index (χ1n) is 17.1. The van der Waals surface area contributed by atoms with Crippen LogP contribution in [0.25, 0.3) is 0 Å². The monoisotopic (exact) mass is 706 g/mol. The van der Waals surface area contributed by atoms with Crippen molar-refractivity contribution in [1.82, 2.24) is 0 Å². The van der Waals surface area contributed by atoms with Crippen molar-refractivity contribution in [3.63, 3.8) is 0 Å². The van der Waals surface area contributed by atoms with E-state index in [2.05, 4.69) is 0 Å². The molecule has 0 amide bonds. The highest BCUT2D eigenvalue weighted by Crippen LogP contribution is 2.62. The van der Waals surface area contributed by atoms with Gasteiger partial charge in [0.15, 0.2) is 11.7 Å². The summed E-state index contributed by atoms with van der Waals surface area (Å²) in [5.41, 5.74) is -5.06. The van der Waals surface area contributed by atoms with Gasteiger partial charge in [0.25, 0.3) is 0 Å². The molecule has 0 bridgehead atoms. The molecular formula is C36H50O14. The molecule has 2 aliphatic carbocycles. The number of hydrogen-bond acceptors (Lipinski definition) is 14. The molecule has 0 aromatic carbocycles. The summed E-state index contributed by atoms with van der Waals surface area (Å²) in [7, 11) is 0. The van der Waals surface area contributed by atoms with E-state index in [1.165, 1.54) is 39.0 Å². The summed E-state index contributed by atoms with van der Waals surface area (Å²) in [6.07, 6.45) is -2.11. The predicted molar refractivity (Wildman–Crippen MR) is 173 cm³/mol. The first-order chi connectivity index (χ1) is 23.2. The fourth-order valence-corrected chi connectivity index (χ4v) is 7.64. The lowest BCUT2D eigenvalue weighted by atomic mass is 9.52. The van der Waals surface area contributed by atoms with Crippen LogP contribution in [-0.2, 0) is 61.9 Å². The highest BCUT2D eigenvalue weighted by Gasteiger charge is 2.78. The van der Waals surface area contributed by atoms with Crippen molar-refractivity contribution in [1.29, 1.82) is 0 Å². The maximum Gasteiger partial charge on any atom is 0.312 e. The molecule has 1 N–H and O–H groups in total. The van der Waals surface area contributed by atoms with Crippen LogP contribution in [0.2, 0.25) is 0 Å². The van der Waals surface area contributed by atoms with Gasteiger partial charge in [-0.1, -0.05) is 40.7 Å². The van der Waals surface area contributed by atoms with Crippen molar-refractivity contribution in [2.45, 2.75) is 123 Å². The zero-order valence-corrected chi connectivity index (χ0v) is 30.2. The lowest BCUT2D eigenvalue weighted by Gasteiger charge is -2.57. The van der Waals surface area contributed by atoms with Gasteiger partial charge in [0.1, 0.15) is 36.6 Å². The van der Waals surface area contributed by atoms with E-state index in [0.29, 0.717) is 0 Å². The number of ether oxygens (including phenoxy) is 7. The number of rotatable bonds is 10. The molecule has 14 nitrogen and oxygen atoms in total. The molecule has 0 aromatic heterocycles. The van der Waals surface area contributed by atoms with E-state index in [4.69, 9.17) is 33.2 Å². The molecule has 10 atom stereocenters. The van der Waals surface area contributed by atoms with E-state index in [1.807, 2.05) is 27.7 Å². The Kier molecular flexibility index (Phi) is 11.6. The van der Waals surface area contributed by atoms with Gasteiger partial charge in [-0.3, -0.25) is 28.8 Å². The molecule has 0 unspecified atom stereocenters. The number of fused-ring (bicyclic) bond motifs is 3. The van der Waals surface area contributed by atoms with Gasteiger partial charge in [0.05, 0.1) is 17.9 Å². The third-order valence-electron chi connectivity index (χ3n) is 10.0. The van der Waals surface area contributed by atoms with Crippen LogP contribution in [0.15, 0.2) is 23.8 Å². The number of carbonyl (C=O) groups excluding carboxylic acids is 6. The molecule has 4 rings (SSSR count). The molecule has 0 aromatic rings. The smallest absolute Gasteiger partial charge is 0.312 e. The van der Waals surface area contributed by atoms with Crippen LogP contribution in [0.5, 0.6) is 0 Å². The summed E-state index contributed by atoms with van der Waals surface area (Å²) < 4.78 is 41.3. The van der Waals surface area contributed by atoms with Gasteiger partial charge in [-0.2, -0.15) is 0 Å². The van der Waals surface area contributed by atoms with Crippen LogP contribution in [-0.4, -0.2) is 95.9 Å². The van der Waals surface area contributed by atoms with E-state index in [-0.39, 0.29) is 49.9 Å². The molecule has 2 aliphatic heterocycles. The molecule has 2 saturated heterocycles. The minimum atomic E-state index is -2.31. The Hall–Kier alpha value is -3.78. The summed E-state index contributed by atoms with van der Waals surface area (Å²) in [4.78, 5) is 77.5. The molecule has 4 aliphatic rings. The average Bonchev–Trinajstić information content (AvgIpc) is 3.73. The van der Waals surface area contributed by atoms with Gasteiger partial charge in [-0.05, 0) is 36.5 Å². The fourth-order valence-electron chi connectivity index (χ4n) is 7.64. The van der Waals surface area contributed by atoms with E-state index in [9.17, 15) is 33.9 Å². The van der Waals surface area contributed by atoms with Crippen molar-refractivity contribution in [3.05, 3.63) is 23.8 Å². The molecule has 3 fully saturated rings. The number of hydrogen-bond donors (Lipinski definition) is 1. The van der Waals surface area contributed by atoms with Crippen LogP contribution in [0.4, 0.5) is 0 Å². The second-order valence-corrected chi connectivity index (χ2v) is 14.9. The van der Waals surface area contributed by atoms with Gasteiger partial charge in [-0.25, -0.2) is 0 Å². The average molecular weight is 707 g/mol. The molecule has 0 radical (unpaired) electrons. The van der Waals surface area contributed by atoms with Gasteiger partial charge < -0.3 is 38.3 Å². The quantitative estimate of drug-likeness (QED) is 0.198. The molecule has 2 heterocycles. The minimum Gasteiger partial charge on any atom is -0.461 e. The Morgan fingerprint density at radius 1 is 0.900 bits per heavy atom. The topological polar surface area (TPSA) is 191 Å². The largest absolute Gasteiger partial charge is 0.461 e. The third kappa shape index (κ3) is 7.75. The SMILES string of the molecule is CC(=O)O[C@H]1/C=C\C(COC(=O)CC(C)C)=C/[C@@H]2OC(=O)[C@H](C)[C@@]2(O)[C@@H](OC(C)=O)[C@H]2[C@@]3(CO3)[C@H](OC(C)=O)C[C@H](OC(=O)CC(C)C)[C@]12C. The molecule has 1 spiro atoms. The number of esters is 6. The number of carbonyl (C=O) groups is 6. The normalized spacial score (nSPS) is 37.7. The van der Waals surface area contributed by atoms with Gasteiger partial charge >= 0.3 is 35.8 Å². The Labute approximate surface area is 292 Å². The maximum atomic E-state index is 13.4. The van der Waals surface area contributed by atoms with Crippen LogP contribution >= 0.6 is 0 Å². The van der Waals surface area contributed by atoms with Crippen LogP contribution in [0.1, 0.15) is 81.6 Å². The highest BCUT2D eigenvalue weighted by molar-refractivity contribution is 5.78. The summed E-state index contributed by atoms with van der Waals surface area (Å²) in [6.45, 7) is 13.6. The van der Waals surface area contributed by atoms with Crippen molar-refractivity contribution >= 4 is 35.8 Å². The second kappa shape index (κ2) is 14.8. The number of aliphatic hydroxyl groups is 1. The molecule has 14 heteroatoms. The standard InChI is InChI=1S/C36H50O14/c1-18(2)12-29(40)44-16-24-10-11-25(46-21(6)37)34(9)26(49-30(41)13-19(3)4)15-27(47-22(7)38)35(17-45-35)31(34)32(48-23(8)39)36(43)20(5)33(42)50-28(36)14-24/h10-11,14,18-20,25-28,31-32,43H,12-13,15-17H2,1-9H3/b11-10-,24-14+/t20-,25-,26-,27+,28-,31+,32-,34-,35+,36-/m0/s1. The van der Waals surface area contributed by atoms with E-state index >= 15 is 0 Å². The van der Waals surface area contributed by atoms with E-state index in [1.54, 1.807) is 6.92 Å².